The van der Waals surface area contributed by atoms with Crippen LogP contribution in [-0.2, 0) is 0 Å². The second-order valence-electron chi connectivity index (χ2n) is 3.69. The van der Waals surface area contributed by atoms with Gasteiger partial charge in [-0.15, -0.1) is 0 Å². The van der Waals surface area contributed by atoms with Crippen LogP contribution in [0.1, 0.15) is 17.2 Å². The zero-order chi connectivity index (χ0) is 12.3. The largest absolute Gasteiger partial charge is 0.384 e. The third kappa shape index (κ3) is 2.58. The molecule has 0 aliphatic carbocycles. The van der Waals surface area contributed by atoms with Crippen molar-refractivity contribution in [3.63, 3.8) is 0 Å². The lowest BCUT2D eigenvalue weighted by Crippen LogP contribution is -2.11. The molecule has 17 heavy (non-hydrogen) atoms. The lowest BCUT2D eigenvalue weighted by Gasteiger charge is -2.15. The van der Waals surface area contributed by atoms with Crippen LogP contribution in [0.3, 0.4) is 0 Å². The van der Waals surface area contributed by atoms with Gasteiger partial charge in [-0.25, -0.2) is 0 Å². The summed E-state index contributed by atoms with van der Waals surface area (Å²) in [4.78, 5) is 0. The number of nitrogens with one attached hydrogen (secondary N) is 1. The van der Waals surface area contributed by atoms with Crippen molar-refractivity contribution in [3.8, 4) is 0 Å². The Bertz CT molecular complexity index is 502. The minimum absolute atomic E-state index is 0.564. The molecule has 0 aliphatic heterocycles. The van der Waals surface area contributed by atoms with Gasteiger partial charge < -0.3 is 10.5 Å². The second kappa shape index (κ2) is 5.19. The molecule has 4 N–H and O–H groups in total. The number of anilines is 1. The molecule has 2 aromatic carbocycles. The van der Waals surface area contributed by atoms with Crippen LogP contribution in [0.25, 0.3) is 0 Å². The molecule has 0 radical (unpaired) electrons. The van der Waals surface area contributed by atoms with E-state index in [0.29, 0.717) is 16.3 Å². The van der Waals surface area contributed by atoms with E-state index in [0.717, 1.165) is 5.56 Å². The summed E-state index contributed by atoms with van der Waals surface area (Å²) in [6.07, 6.45) is -0.749. The minimum Gasteiger partial charge on any atom is -0.384 e. The SMILES string of the molecule is NNc1ccc(Cl)cc1C(O)c1ccccc1. The monoisotopic (exact) mass is 248 g/mol. The molecule has 0 spiro atoms. The van der Waals surface area contributed by atoms with E-state index in [9.17, 15) is 5.11 Å². The number of hydrazine groups is 1. The number of nitrogen functional groups attached to an aromatic ring is 1. The first-order valence-corrected chi connectivity index (χ1v) is 5.59. The first-order chi connectivity index (χ1) is 8.22. The van der Waals surface area contributed by atoms with Gasteiger partial charge in [0.1, 0.15) is 6.10 Å². The second-order valence-corrected chi connectivity index (χ2v) is 4.13. The molecule has 2 aromatic rings. The quantitative estimate of drug-likeness (QED) is 0.578. The summed E-state index contributed by atoms with van der Waals surface area (Å²) < 4.78 is 0. The molecule has 88 valence electrons. The lowest BCUT2D eigenvalue weighted by atomic mass is 10.00. The van der Waals surface area contributed by atoms with Gasteiger partial charge in [-0.2, -0.15) is 0 Å². The van der Waals surface area contributed by atoms with Crippen LogP contribution in [-0.4, -0.2) is 5.11 Å². The molecule has 0 saturated heterocycles. The van der Waals surface area contributed by atoms with Crippen molar-refractivity contribution in [1.82, 2.24) is 0 Å². The summed E-state index contributed by atoms with van der Waals surface area (Å²) in [6.45, 7) is 0. The number of nitrogens with two attached hydrogens (primary N) is 1. The number of rotatable bonds is 3. The summed E-state index contributed by atoms with van der Waals surface area (Å²) in [7, 11) is 0. The zero-order valence-electron chi connectivity index (χ0n) is 9.10. The predicted molar refractivity (Wildman–Crippen MR) is 69.8 cm³/mol. The smallest absolute Gasteiger partial charge is 0.106 e. The Labute approximate surface area is 105 Å². The normalized spacial score (nSPS) is 12.2. The summed E-state index contributed by atoms with van der Waals surface area (Å²) >= 11 is 5.93. The maximum Gasteiger partial charge on any atom is 0.106 e. The fourth-order valence-electron chi connectivity index (χ4n) is 1.71. The van der Waals surface area contributed by atoms with Crippen LogP contribution < -0.4 is 11.3 Å². The van der Waals surface area contributed by atoms with Crippen molar-refractivity contribution in [1.29, 1.82) is 0 Å². The number of hydrogen-bond donors (Lipinski definition) is 3. The van der Waals surface area contributed by atoms with E-state index in [1.807, 2.05) is 30.3 Å². The molecule has 4 heteroatoms. The molecule has 2 rings (SSSR count). The summed E-state index contributed by atoms with van der Waals surface area (Å²) in [5.74, 6) is 5.41. The van der Waals surface area contributed by atoms with E-state index >= 15 is 0 Å². The van der Waals surface area contributed by atoms with Crippen LogP contribution in [0.15, 0.2) is 48.5 Å². The lowest BCUT2D eigenvalue weighted by molar-refractivity contribution is 0.221. The van der Waals surface area contributed by atoms with Crippen LogP contribution in [0.5, 0.6) is 0 Å². The highest BCUT2D eigenvalue weighted by Crippen LogP contribution is 2.30. The first-order valence-electron chi connectivity index (χ1n) is 5.21. The Morgan fingerprint density at radius 1 is 1.12 bits per heavy atom. The molecule has 0 amide bonds. The van der Waals surface area contributed by atoms with E-state index in [1.165, 1.54) is 0 Å². The molecule has 0 fully saturated rings. The van der Waals surface area contributed by atoms with Crippen molar-refractivity contribution < 1.29 is 5.11 Å². The maximum atomic E-state index is 10.3. The fourth-order valence-corrected chi connectivity index (χ4v) is 1.89. The van der Waals surface area contributed by atoms with Gasteiger partial charge >= 0.3 is 0 Å². The summed E-state index contributed by atoms with van der Waals surface area (Å²) in [5, 5.41) is 10.8. The maximum absolute atomic E-state index is 10.3. The number of aliphatic hydroxyl groups excluding tert-OH is 1. The van der Waals surface area contributed by atoms with Gasteiger partial charge in [0.2, 0.25) is 0 Å². The van der Waals surface area contributed by atoms with Gasteiger partial charge in [-0.3, -0.25) is 5.84 Å². The van der Waals surface area contributed by atoms with Crippen molar-refractivity contribution in [2.24, 2.45) is 5.84 Å². The molecular formula is C13H13ClN2O. The Kier molecular flexibility index (Phi) is 3.64. The van der Waals surface area contributed by atoms with E-state index in [2.05, 4.69) is 5.43 Å². The van der Waals surface area contributed by atoms with Crippen LogP contribution in [0, 0.1) is 0 Å². The highest BCUT2D eigenvalue weighted by Gasteiger charge is 2.14. The zero-order valence-corrected chi connectivity index (χ0v) is 9.85. The molecule has 0 heterocycles. The van der Waals surface area contributed by atoms with Crippen molar-refractivity contribution in [2.45, 2.75) is 6.10 Å². The molecule has 0 saturated carbocycles. The van der Waals surface area contributed by atoms with Gasteiger partial charge in [0, 0.05) is 10.6 Å². The fraction of sp³-hybridized carbons (Fsp3) is 0.0769. The minimum atomic E-state index is -0.749. The molecule has 0 aliphatic rings. The third-order valence-corrected chi connectivity index (χ3v) is 2.81. The van der Waals surface area contributed by atoms with E-state index in [1.54, 1.807) is 18.2 Å². The topological polar surface area (TPSA) is 58.3 Å². The van der Waals surface area contributed by atoms with Crippen LogP contribution in [0.2, 0.25) is 5.02 Å². The Hall–Kier alpha value is -1.55. The summed E-state index contributed by atoms with van der Waals surface area (Å²) in [6, 6.07) is 14.5. The van der Waals surface area contributed by atoms with E-state index < -0.39 is 6.10 Å². The van der Waals surface area contributed by atoms with Gasteiger partial charge in [0.05, 0.1) is 5.69 Å². The molecule has 0 bridgehead atoms. The Balaban J connectivity index is 2.43. The Morgan fingerprint density at radius 3 is 2.47 bits per heavy atom. The van der Waals surface area contributed by atoms with Crippen molar-refractivity contribution in [3.05, 3.63) is 64.7 Å². The van der Waals surface area contributed by atoms with Gasteiger partial charge in [-0.1, -0.05) is 41.9 Å². The van der Waals surface area contributed by atoms with Crippen molar-refractivity contribution >= 4 is 17.3 Å². The Morgan fingerprint density at radius 2 is 1.82 bits per heavy atom. The van der Waals surface area contributed by atoms with Crippen molar-refractivity contribution in [2.75, 3.05) is 5.43 Å². The number of halogens is 1. The molecule has 1 unspecified atom stereocenters. The summed E-state index contributed by atoms with van der Waals surface area (Å²) in [5.41, 5.74) is 4.67. The third-order valence-electron chi connectivity index (χ3n) is 2.58. The van der Waals surface area contributed by atoms with Gasteiger partial charge in [-0.05, 0) is 23.8 Å². The highest BCUT2D eigenvalue weighted by molar-refractivity contribution is 6.30. The average Bonchev–Trinajstić information content (AvgIpc) is 2.39. The van der Waals surface area contributed by atoms with Crippen LogP contribution >= 0.6 is 11.6 Å². The van der Waals surface area contributed by atoms with Gasteiger partial charge in [0.15, 0.2) is 0 Å². The molecule has 0 aromatic heterocycles. The number of hydrogen-bond acceptors (Lipinski definition) is 3. The van der Waals surface area contributed by atoms with E-state index in [4.69, 9.17) is 17.4 Å². The molecule has 3 nitrogen and oxygen atoms in total. The highest BCUT2D eigenvalue weighted by atomic mass is 35.5. The standard InChI is InChI=1S/C13H13ClN2O/c14-10-6-7-12(16-15)11(8-10)13(17)9-4-2-1-3-5-9/h1-8,13,16-17H,15H2. The van der Waals surface area contributed by atoms with E-state index in [-0.39, 0.29) is 0 Å². The number of benzene rings is 2. The molecular weight excluding hydrogens is 236 g/mol. The molecule has 1 atom stereocenters. The average molecular weight is 249 g/mol. The van der Waals surface area contributed by atoms with Gasteiger partial charge in [0.25, 0.3) is 0 Å². The first kappa shape index (κ1) is 11.9. The predicted octanol–water partition coefficient (Wildman–Crippen LogP) is 2.71. The number of aliphatic hydroxyl groups is 1. The van der Waals surface area contributed by atoms with Crippen LogP contribution in [0.4, 0.5) is 5.69 Å².